The Morgan fingerprint density at radius 1 is 1.04 bits per heavy atom. The molecule has 23 heavy (non-hydrogen) atoms. The van der Waals surface area contributed by atoms with Crippen molar-refractivity contribution < 1.29 is 23.8 Å². The Bertz CT molecular complexity index is 534. The average Bonchev–Trinajstić information content (AvgIpc) is 2.51. The molecule has 0 radical (unpaired) electrons. The minimum Gasteiger partial charge on any atom is -0.487 e. The molecule has 0 fully saturated rings. The molecule has 0 spiro atoms. The minimum atomic E-state index is -0.657. The molecule has 0 atom stereocenters. The number of carbonyl (C=O) groups excluding carboxylic acids is 2. The van der Waals surface area contributed by atoms with Crippen molar-refractivity contribution >= 4 is 11.9 Å². The van der Waals surface area contributed by atoms with Crippen LogP contribution >= 0.6 is 0 Å². The molecule has 1 aromatic carbocycles. The van der Waals surface area contributed by atoms with Crippen molar-refractivity contribution in [2.24, 2.45) is 0 Å². The van der Waals surface area contributed by atoms with E-state index in [-0.39, 0.29) is 6.10 Å². The van der Waals surface area contributed by atoms with Crippen LogP contribution < -0.4 is 9.47 Å². The highest BCUT2D eigenvalue weighted by Crippen LogP contribution is 2.27. The molecule has 0 N–H and O–H groups in total. The van der Waals surface area contributed by atoms with Gasteiger partial charge in [0.1, 0.15) is 0 Å². The molecule has 0 bridgehead atoms. The van der Waals surface area contributed by atoms with Gasteiger partial charge in [-0.1, -0.05) is 31.9 Å². The standard InChI is InChI=1S/C18H24O5/c1-4-5-8-13-21-17(19)11-12-18(20)23-16-10-7-6-9-15(16)22-14(2)3/h6-7,9-12,14H,4-5,8,13H2,1-3H3/b12-11+. The second-order valence-corrected chi connectivity index (χ2v) is 5.24. The van der Waals surface area contributed by atoms with Crippen molar-refractivity contribution in [2.45, 2.75) is 46.1 Å². The van der Waals surface area contributed by atoms with Crippen LogP contribution in [0.1, 0.15) is 40.0 Å². The van der Waals surface area contributed by atoms with Crippen molar-refractivity contribution in [1.29, 1.82) is 0 Å². The highest BCUT2D eigenvalue weighted by Gasteiger charge is 2.09. The van der Waals surface area contributed by atoms with E-state index in [1.54, 1.807) is 24.3 Å². The second-order valence-electron chi connectivity index (χ2n) is 5.24. The highest BCUT2D eigenvalue weighted by molar-refractivity contribution is 5.92. The van der Waals surface area contributed by atoms with Gasteiger partial charge in [-0.3, -0.25) is 0 Å². The van der Waals surface area contributed by atoms with Crippen LogP contribution in [0.3, 0.4) is 0 Å². The maximum Gasteiger partial charge on any atom is 0.336 e. The Morgan fingerprint density at radius 2 is 1.70 bits per heavy atom. The van der Waals surface area contributed by atoms with Gasteiger partial charge in [-0.2, -0.15) is 0 Å². The predicted molar refractivity (Wildman–Crippen MR) is 87.5 cm³/mol. The van der Waals surface area contributed by atoms with Gasteiger partial charge in [-0.05, 0) is 32.4 Å². The number of carbonyl (C=O) groups is 2. The molecule has 1 rings (SSSR count). The van der Waals surface area contributed by atoms with E-state index in [9.17, 15) is 9.59 Å². The van der Waals surface area contributed by atoms with Crippen LogP contribution in [0.25, 0.3) is 0 Å². The van der Waals surface area contributed by atoms with E-state index in [0.29, 0.717) is 18.1 Å². The fourth-order valence-electron chi connectivity index (χ4n) is 1.74. The predicted octanol–water partition coefficient (Wildman–Crippen LogP) is 3.67. The lowest BCUT2D eigenvalue weighted by Gasteiger charge is -2.13. The van der Waals surface area contributed by atoms with Crippen molar-refractivity contribution in [3.63, 3.8) is 0 Å². The number of para-hydroxylation sites is 2. The third-order valence-electron chi connectivity index (χ3n) is 2.77. The van der Waals surface area contributed by atoms with Gasteiger partial charge in [0.25, 0.3) is 0 Å². The maximum atomic E-state index is 11.8. The molecule has 0 saturated heterocycles. The van der Waals surface area contributed by atoms with E-state index >= 15 is 0 Å². The van der Waals surface area contributed by atoms with Crippen LogP contribution in [0, 0.1) is 0 Å². The Balaban J connectivity index is 2.50. The summed E-state index contributed by atoms with van der Waals surface area (Å²) < 4.78 is 15.7. The highest BCUT2D eigenvalue weighted by atomic mass is 16.6. The van der Waals surface area contributed by atoms with Crippen LogP contribution in [0.4, 0.5) is 0 Å². The van der Waals surface area contributed by atoms with E-state index in [0.717, 1.165) is 31.4 Å². The first-order chi connectivity index (χ1) is 11.0. The summed E-state index contributed by atoms with van der Waals surface area (Å²) in [5.74, 6) is -0.418. The summed E-state index contributed by atoms with van der Waals surface area (Å²) in [6.45, 7) is 6.19. The summed E-state index contributed by atoms with van der Waals surface area (Å²) in [5.41, 5.74) is 0. The molecule has 5 heteroatoms. The Labute approximate surface area is 137 Å². The average molecular weight is 320 g/mol. The first-order valence-electron chi connectivity index (χ1n) is 7.85. The van der Waals surface area contributed by atoms with Crippen LogP contribution in [-0.4, -0.2) is 24.6 Å². The smallest absolute Gasteiger partial charge is 0.336 e. The third-order valence-corrected chi connectivity index (χ3v) is 2.77. The lowest BCUT2D eigenvalue weighted by atomic mass is 10.3. The number of rotatable bonds is 9. The van der Waals surface area contributed by atoms with E-state index in [4.69, 9.17) is 14.2 Å². The summed E-state index contributed by atoms with van der Waals surface area (Å²) >= 11 is 0. The monoisotopic (exact) mass is 320 g/mol. The van der Waals surface area contributed by atoms with Gasteiger partial charge >= 0.3 is 11.9 Å². The second kappa shape index (κ2) is 10.4. The van der Waals surface area contributed by atoms with E-state index in [1.165, 1.54) is 0 Å². The lowest BCUT2D eigenvalue weighted by molar-refractivity contribution is -0.138. The zero-order valence-electron chi connectivity index (χ0n) is 13.9. The SMILES string of the molecule is CCCCCOC(=O)/C=C/C(=O)Oc1ccccc1OC(C)C. The van der Waals surface area contributed by atoms with Crippen LogP contribution in [-0.2, 0) is 14.3 Å². The first kappa shape index (κ1) is 18.7. The molecule has 1 aromatic rings. The summed E-state index contributed by atoms with van der Waals surface area (Å²) in [4.78, 5) is 23.2. The molecule has 5 nitrogen and oxygen atoms in total. The number of esters is 2. The number of unbranched alkanes of at least 4 members (excludes halogenated alkanes) is 2. The van der Waals surface area contributed by atoms with Gasteiger partial charge < -0.3 is 14.2 Å². The topological polar surface area (TPSA) is 61.8 Å². The first-order valence-corrected chi connectivity index (χ1v) is 7.85. The Kier molecular flexibility index (Phi) is 8.50. The Hall–Kier alpha value is -2.30. The van der Waals surface area contributed by atoms with Crippen LogP contribution in [0.15, 0.2) is 36.4 Å². The molecule has 0 unspecified atom stereocenters. The normalized spacial score (nSPS) is 10.8. The van der Waals surface area contributed by atoms with Crippen molar-refractivity contribution in [3.8, 4) is 11.5 Å². The summed E-state index contributed by atoms with van der Waals surface area (Å²) in [7, 11) is 0. The van der Waals surface area contributed by atoms with Gasteiger partial charge in [-0.25, -0.2) is 9.59 Å². The maximum absolute atomic E-state index is 11.8. The zero-order valence-corrected chi connectivity index (χ0v) is 13.9. The zero-order chi connectivity index (χ0) is 17.1. The van der Waals surface area contributed by atoms with E-state index < -0.39 is 11.9 Å². The largest absolute Gasteiger partial charge is 0.487 e. The van der Waals surface area contributed by atoms with Gasteiger partial charge in [-0.15, -0.1) is 0 Å². The molecular weight excluding hydrogens is 296 g/mol. The number of hydrogen-bond donors (Lipinski definition) is 0. The molecule has 0 aliphatic heterocycles. The van der Waals surface area contributed by atoms with Crippen LogP contribution in [0.2, 0.25) is 0 Å². The van der Waals surface area contributed by atoms with E-state index in [1.807, 2.05) is 13.8 Å². The van der Waals surface area contributed by atoms with Crippen LogP contribution in [0.5, 0.6) is 11.5 Å². The lowest BCUT2D eigenvalue weighted by Crippen LogP contribution is -2.10. The van der Waals surface area contributed by atoms with Gasteiger partial charge in [0.15, 0.2) is 11.5 Å². The molecule has 126 valence electrons. The third kappa shape index (κ3) is 8.04. The molecule has 0 aliphatic rings. The molecule has 0 amide bonds. The number of hydrogen-bond acceptors (Lipinski definition) is 5. The molecule has 0 heterocycles. The molecule has 0 aliphatic carbocycles. The van der Waals surface area contributed by atoms with Gasteiger partial charge in [0, 0.05) is 12.2 Å². The van der Waals surface area contributed by atoms with Crippen molar-refractivity contribution in [2.75, 3.05) is 6.61 Å². The fraction of sp³-hybridized carbons (Fsp3) is 0.444. The summed E-state index contributed by atoms with van der Waals surface area (Å²) in [6.07, 6.45) is 4.96. The van der Waals surface area contributed by atoms with Gasteiger partial charge in [0.2, 0.25) is 0 Å². The minimum absolute atomic E-state index is 0.0384. The number of ether oxygens (including phenoxy) is 3. The van der Waals surface area contributed by atoms with Crippen molar-refractivity contribution in [3.05, 3.63) is 36.4 Å². The van der Waals surface area contributed by atoms with Gasteiger partial charge in [0.05, 0.1) is 12.7 Å². The summed E-state index contributed by atoms with van der Waals surface area (Å²) in [6, 6.07) is 6.88. The fourth-order valence-corrected chi connectivity index (χ4v) is 1.74. The van der Waals surface area contributed by atoms with E-state index in [2.05, 4.69) is 6.92 Å². The quantitative estimate of drug-likeness (QED) is 0.301. The molecular formula is C18H24O5. The molecule has 0 saturated carbocycles. The Morgan fingerprint density at radius 3 is 2.35 bits per heavy atom. The number of benzene rings is 1. The van der Waals surface area contributed by atoms with Crippen molar-refractivity contribution in [1.82, 2.24) is 0 Å². The molecule has 0 aromatic heterocycles. The summed E-state index contributed by atoms with van der Waals surface area (Å²) in [5, 5.41) is 0.